The summed E-state index contributed by atoms with van der Waals surface area (Å²) in [5.74, 6) is 0. The number of nitrogens with one attached hydrogen (secondary N) is 1. The zero-order chi connectivity index (χ0) is 12.4. The second-order valence-corrected chi connectivity index (χ2v) is 4.35. The molecule has 0 aliphatic heterocycles. The van der Waals surface area contributed by atoms with Crippen molar-refractivity contribution < 1.29 is 4.68 Å². The molecule has 0 atom stereocenters. The predicted molar refractivity (Wildman–Crippen MR) is 72.8 cm³/mol. The summed E-state index contributed by atoms with van der Waals surface area (Å²) in [5, 5.41) is 3.38. The molecule has 0 saturated carbocycles. The van der Waals surface area contributed by atoms with Crippen LogP contribution in [0.25, 0.3) is 22.5 Å². The van der Waals surface area contributed by atoms with Crippen LogP contribution >= 0.6 is 0 Å². The molecule has 3 aromatic rings. The van der Waals surface area contributed by atoms with Gasteiger partial charge >= 0.3 is 0 Å². The van der Waals surface area contributed by atoms with Gasteiger partial charge in [0, 0.05) is 17.2 Å². The zero-order valence-electron chi connectivity index (χ0n) is 10.3. The first-order valence-corrected chi connectivity index (χ1v) is 6.04. The van der Waals surface area contributed by atoms with Crippen LogP contribution in [-0.2, 0) is 7.05 Å². The van der Waals surface area contributed by atoms with E-state index in [4.69, 9.17) is 0 Å². The maximum atomic E-state index is 3.38. The standard InChI is InChI=1S/C16H14N2/c1-18-16(14-10-6-3-7-11-14)12-15(17-18)13-8-4-2-5-9-13/h2-12H,1H3/p+1. The molecule has 0 aliphatic carbocycles. The third kappa shape index (κ3) is 1.93. The number of benzene rings is 2. The molecule has 0 saturated heterocycles. The highest BCUT2D eigenvalue weighted by Gasteiger charge is 2.14. The van der Waals surface area contributed by atoms with Crippen molar-refractivity contribution >= 4 is 0 Å². The topological polar surface area (TPSA) is 19.7 Å². The van der Waals surface area contributed by atoms with E-state index in [1.807, 2.05) is 19.2 Å². The van der Waals surface area contributed by atoms with Crippen LogP contribution in [0.4, 0.5) is 0 Å². The van der Waals surface area contributed by atoms with Crippen LogP contribution in [0.3, 0.4) is 0 Å². The lowest BCUT2D eigenvalue weighted by Gasteiger charge is -1.91. The number of hydrogen-bond acceptors (Lipinski definition) is 0. The van der Waals surface area contributed by atoms with Crippen LogP contribution in [0.2, 0.25) is 0 Å². The van der Waals surface area contributed by atoms with Crippen LogP contribution in [-0.4, -0.2) is 5.10 Å². The van der Waals surface area contributed by atoms with Crippen molar-refractivity contribution in [1.29, 1.82) is 0 Å². The Hall–Kier alpha value is -2.35. The van der Waals surface area contributed by atoms with Gasteiger partial charge in [0.25, 0.3) is 0 Å². The average molecular weight is 235 g/mol. The Morgan fingerprint density at radius 1 is 0.778 bits per heavy atom. The van der Waals surface area contributed by atoms with Gasteiger partial charge in [-0.1, -0.05) is 48.5 Å². The number of H-pyrrole nitrogens is 1. The van der Waals surface area contributed by atoms with Gasteiger partial charge < -0.3 is 0 Å². The molecule has 88 valence electrons. The number of rotatable bonds is 2. The van der Waals surface area contributed by atoms with Gasteiger partial charge in [0.2, 0.25) is 5.69 Å². The third-order valence-corrected chi connectivity index (χ3v) is 3.08. The molecule has 0 unspecified atom stereocenters. The minimum atomic E-state index is 1.14. The highest BCUT2D eigenvalue weighted by atomic mass is 15.3. The molecule has 1 N–H and O–H groups in total. The molecule has 2 aromatic carbocycles. The highest BCUT2D eigenvalue weighted by molar-refractivity contribution is 5.65. The summed E-state index contributed by atoms with van der Waals surface area (Å²) in [6, 6.07) is 23.0. The minimum absolute atomic E-state index is 1.14. The second kappa shape index (κ2) is 4.49. The molecule has 1 aromatic heterocycles. The Morgan fingerprint density at radius 3 is 1.94 bits per heavy atom. The maximum Gasteiger partial charge on any atom is 0.238 e. The Bertz CT molecular complexity index is 639. The molecular weight excluding hydrogens is 220 g/mol. The lowest BCUT2D eigenvalue weighted by Crippen LogP contribution is -2.31. The number of nitrogens with zero attached hydrogens (tertiary/aromatic N) is 1. The summed E-state index contributed by atoms with van der Waals surface area (Å²) in [5.41, 5.74) is 4.75. The average Bonchev–Trinajstić information content (AvgIpc) is 2.83. The van der Waals surface area contributed by atoms with Gasteiger partial charge in [0.1, 0.15) is 5.69 Å². The first-order valence-electron chi connectivity index (χ1n) is 6.04. The Morgan fingerprint density at radius 2 is 1.33 bits per heavy atom. The van der Waals surface area contributed by atoms with Crippen LogP contribution in [0, 0.1) is 0 Å². The summed E-state index contributed by atoms with van der Waals surface area (Å²) in [4.78, 5) is 0. The molecule has 0 bridgehead atoms. The van der Waals surface area contributed by atoms with Crippen molar-refractivity contribution in [2.45, 2.75) is 0 Å². The van der Waals surface area contributed by atoms with E-state index in [0.717, 1.165) is 5.69 Å². The van der Waals surface area contributed by atoms with Gasteiger partial charge in [0.15, 0.2) is 7.05 Å². The molecule has 2 nitrogen and oxygen atoms in total. The third-order valence-electron chi connectivity index (χ3n) is 3.08. The molecule has 0 amide bonds. The summed E-state index contributed by atoms with van der Waals surface area (Å²) in [6.45, 7) is 0. The fourth-order valence-corrected chi connectivity index (χ4v) is 2.16. The van der Waals surface area contributed by atoms with Crippen molar-refractivity contribution in [3.05, 3.63) is 66.7 Å². The Labute approximate surface area is 107 Å². The largest absolute Gasteiger partial charge is 0.238 e. The molecule has 0 radical (unpaired) electrons. The smallest absolute Gasteiger partial charge is 0.165 e. The van der Waals surface area contributed by atoms with Gasteiger partial charge in [-0.3, -0.25) is 0 Å². The van der Waals surface area contributed by atoms with Gasteiger partial charge in [-0.2, -0.15) is 5.10 Å². The van der Waals surface area contributed by atoms with Crippen LogP contribution in [0.15, 0.2) is 66.7 Å². The quantitative estimate of drug-likeness (QED) is 0.658. The van der Waals surface area contributed by atoms with Crippen LogP contribution in [0.5, 0.6) is 0 Å². The number of hydrogen-bond donors (Lipinski definition) is 1. The number of aryl methyl sites for hydroxylation is 1. The van der Waals surface area contributed by atoms with E-state index >= 15 is 0 Å². The van der Waals surface area contributed by atoms with Crippen molar-refractivity contribution in [3.8, 4) is 22.5 Å². The van der Waals surface area contributed by atoms with Crippen molar-refractivity contribution in [3.63, 3.8) is 0 Å². The molecule has 3 rings (SSSR count). The van der Waals surface area contributed by atoms with E-state index < -0.39 is 0 Å². The Balaban J connectivity index is 2.07. The van der Waals surface area contributed by atoms with E-state index in [1.54, 1.807) is 0 Å². The monoisotopic (exact) mass is 235 g/mol. The SMILES string of the molecule is C[n+]1[nH]c(-c2ccccc2)cc1-c1ccccc1. The molecule has 18 heavy (non-hydrogen) atoms. The van der Waals surface area contributed by atoms with Gasteiger partial charge in [-0.05, 0) is 12.1 Å². The molecule has 0 spiro atoms. The summed E-state index contributed by atoms with van der Waals surface area (Å²) in [6.07, 6.45) is 0. The molecule has 1 heterocycles. The second-order valence-electron chi connectivity index (χ2n) is 4.35. The van der Waals surface area contributed by atoms with Crippen LogP contribution < -0.4 is 4.68 Å². The molecular formula is C16H15N2+. The first-order chi connectivity index (χ1) is 8.84. The lowest BCUT2D eigenvalue weighted by atomic mass is 10.1. The van der Waals surface area contributed by atoms with Crippen molar-refractivity contribution in [2.75, 3.05) is 0 Å². The van der Waals surface area contributed by atoms with Crippen molar-refractivity contribution in [2.24, 2.45) is 7.05 Å². The number of aromatic amines is 1. The minimum Gasteiger partial charge on any atom is -0.165 e. The maximum absolute atomic E-state index is 3.38. The Kier molecular flexibility index (Phi) is 2.69. The first kappa shape index (κ1) is 10.8. The van der Waals surface area contributed by atoms with Crippen molar-refractivity contribution in [1.82, 2.24) is 5.10 Å². The lowest BCUT2D eigenvalue weighted by molar-refractivity contribution is -0.715. The molecule has 0 fully saturated rings. The zero-order valence-corrected chi connectivity index (χ0v) is 10.3. The normalized spacial score (nSPS) is 10.5. The van der Waals surface area contributed by atoms with Gasteiger partial charge in [-0.15, -0.1) is 4.68 Å². The van der Waals surface area contributed by atoms with E-state index in [0.29, 0.717) is 0 Å². The summed E-state index contributed by atoms with van der Waals surface area (Å²) < 4.78 is 2.05. The van der Waals surface area contributed by atoms with E-state index in [-0.39, 0.29) is 0 Å². The van der Waals surface area contributed by atoms with Gasteiger partial charge in [-0.25, -0.2) is 0 Å². The van der Waals surface area contributed by atoms with E-state index in [2.05, 4.69) is 64.4 Å². The van der Waals surface area contributed by atoms with E-state index in [1.165, 1.54) is 16.8 Å². The molecule has 2 heteroatoms. The van der Waals surface area contributed by atoms with E-state index in [9.17, 15) is 0 Å². The fraction of sp³-hybridized carbons (Fsp3) is 0.0625. The fourth-order valence-electron chi connectivity index (χ4n) is 2.16. The highest BCUT2D eigenvalue weighted by Crippen LogP contribution is 2.21. The van der Waals surface area contributed by atoms with Gasteiger partial charge in [0.05, 0.1) is 0 Å². The number of aromatic nitrogens is 2. The summed E-state index contributed by atoms with van der Waals surface area (Å²) in [7, 11) is 2.04. The predicted octanol–water partition coefficient (Wildman–Crippen LogP) is 3.17. The van der Waals surface area contributed by atoms with Crippen LogP contribution in [0.1, 0.15) is 0 Å². The molecule has 0 aliphatic rings. The summed E-state index contributed by atoms with van der Waals surface area (Å²) >= 11 is 0.